The van der Waals surface area contributed by atoms with Gasteiger partial charge in [0, 0.05) is 11.6 Å². The van der Waals surface area contributed by atoms with Crippen LogP contribution in [-0.2, 0) is 0 Å². The zero-order chi connectivity index (χ0) is 9.15. The molecule has 1 heterocycles. The van der Waals surface area contributed by atoms with Crippen molar-refractivity contribution in [3.63, 3.8) is 0 Å². The molecule has 0 aliphatic heterocycles. The van der Waals surface area contributed by atoms with Gasteiger partial charge in [0.15, 0.2) is 0 Å². The fraction of sp³-hybridized carbons (Fsp3) is 0.500. The quantitative estimate of drug-likeness (QED) is 0.744. The molecule has 0 aromatic carbocycles. The van der Waals surface area contributed by atoms with Gasteiger partial charge in [0.25, 0.3) is 0 Å². The molecule has 2 rings (SSSR count). The van der Waals surface area contributed by atoms with Crippen LogP contribution < -0.4 is 4.74 Å². The van der Waals surface area contributed by atoms with Crippen molar-refractivity contribution < 1.29 is 4.74 Å². The largest absolute Gasteiger partial charge is 0.491 e. The molecule has 1 saturated carbocycles. The summed E-state index contributed by atoms with van der Waals surface area (Å²) in [5.41, 5.74) is 0.360. The summed E-state index contributed by atoms with van der Waals surface area (Å²) in [6, 6.07) is 3.82. The number of hydrogen-bond donors (Lipinski definition) is 1. The molecule has 0 saturated heterocycles. The van der Waals surface area contributed by atoms with Crippen LogP contribution >= 0.6 is 12.6 Å². The highest BCUT2D eigenvalue weighted by molar-refractivity contribution is 7.80. The Labute approximate surface area is 83.7 Å². The highest BCUT2D eigenvalue weighted by Crippen LogP contribution is 2.46. The Bertz CT molecular complexity index is 272. The van der Waals surface area contributed by atoms with Crippen LogP contribution in [0.2, 0.25) is 0 Å². The first-order valence-corrected chi connectivity index (χ1v) is 5.12. The third kappa shape index (κ3) is 2.15. The second-order valence-corrected chi connectivity index (χ2v) is 3.95. The predicted octanol–water partition coefficient (Wildman–Crippen LogP) is 2.17. The molecule has 3 heteroatoms. The van der Waals surface area contributed by atoms with Gasteiger partial charge < -0.3 is 4.74 Å². The fourth-order valence-corrected chi connectivity index (χ4v) is 1.60. The molecule has 0 bridgehead atoms. The summed E-state index contributed by atoms with van der Waals surface area (Å²) in [7, 11) is 0. The van der Waals surface area contributed by atoms with Gasteiger partial charge in [-0.2, -0.15) is 12.6 Å². The van der Waals surface area contributed by atoms with Crippen LogP contribution in [0.4, 0.5) is 0 Å². The van der Waals surface area contributed by atoms with Gasteiger partial charge in [-0.15, -0.1) is 0 Å². The first-order valence-electron chi connectivity index (χ1n) is 4.48. The van der Waals surface area contributed by atoms with E-state index >= 15 is 0 Å². The lowest BCUT2D eigenvalue weighted by Gasteiger charge is -2.12. The van der Waals surface area contributed by atoms with Crippen LogP contribution in [0.3, 0.4) is 0 Å². The molecule has 0 amide bonds. The predicted molar refractivity (Wildman–Crippen MR) is 55.3 cm³/mol. The molecule has 0 spiro atoms. The molecule has 2 nitrogen and oxygen atoms in total. The van der Waals surface area contributed by atoms with E-state index in [-0.39, 0.29) is 0 Å². The van der Waals surface area contributed by atoms with Crippen molar-refractivity contribution in [3.8, 4) is 5.75 Å². The van der Waals surface area contributed by atoms with Crippen molar-refractivity contribution in [2.75, 3.05) is 12.4 Å². The van der Waals surface area contributed by atoms with Gasteiger partial charge in [0.05, 0.1) is 12.8 Å². The van der Waals surface area contributed by atoms with Gasteiger partial charge in [-0.3, -0.25) is 4.98 Å². The average molecular weight is 195 g/mol. The molecule has 0 N–H and O–H groups in total. The molecule has 1 aromatic heterocycles. The Morgan fingerprint density at radius 1 is 1.54 bits per heavy atom. The minimum absolute atomic E-state index is 0.360. The lowest BCUT2D eigenvalue weighted by atomic mass is 10.2. The molecule has 0 unspecified atom stereocenters. The highest BCUT2D eigenvalue weighted by Gasteiger charge is 2.42. The molecule has 0 atom stereocenters. The number of rotatable bonds is 4. The summed E-state index contributed by atoms with van der Waals surface area (Å²) in [5.74, 6) is 1.78. The van der Waals surface area contributed by atoms with Crippen LogP contribution in [0.5, 0.6) is 5.75 Å². The molecule has 1 aliphatic carbocycles. The van der Waals surface area contributed by atoms with E-state index in [2.05, 4.69) is 17.6 Å². The lowest BCUT2D eigenvalue weighted by Crippen LogP contribution is -2.14. The smallest absolute Gasteiger partial charge is 0.137 e. The molecule has 1 fully saturated rings. The minimum atomic E-state index is 0.360. The van der Waals surface area contributed by atoms with Crippen LogP contribution in [0.1, 0.15) is 12.8 Å². The Morgan fingerprint density at radius 2 is 2.38 bits per heavy atom. The normalized spacial score (nSPS) is 18.2. The number of hydrogen-bond acceptors (Lipinski definition) is 3. The molecule has 0 radical (unpaired) electrons. The number of aromatic nitrogens is 1. The van der Waals surface area contributed by atoms with E-state index in [0.29, 0.717) is 5.41 Å². The van der Waals surface area contributed by atoms with Crippen LogP contribution in [-0.4, -0.2) is 17.3 Å². The molecule has 1 aliphatic rings. The van der Waals surface area contributed by atoms with E-state index in [9.17, 15) is 0 Å². The molecular weight excluding hydrogens is 182 g/mol. The van der Waals surface area contributed by atoms with E-state index in [1.54, 1.807) is 12.4 Å². The Hall–Kier alpha value is -0.700. The van der Waals surface area contributed by atoms with E-state index < -0.39 is 0 Å². The fourth-order valence-electron chi connectivity index (χ4n) is 1.19. The van der Waals surface area contributed by atoms with Crippen molar-refractivity contribution in [2.24, 2.45) is 5.41 Å². The van der Waals surface area contributed by atoms with Gasteiger partial charge in [0.2, 0.25) is 0 Å². The second kappa shape index (κ2) is 3.58. The summed E-state index contributed by atoms with van der Waals surface area (Å²) in [6.45, 7) is 0.780. The topological polar surface area (TPSA) is 22.1 Å². The summed E-state index contributed by atoms with van der Waals surface area (Å²) in [4.78, 5) is 3.99. The van der Waals surface area contributed by atoms with Crippen LogP contribution in [0.15, 0.2) is 24.5 Å². The Kier molecular flexibility index (Phi) is 2.44. The molecule has 1 aromatic rings. The van der Waals surface area contributed by atoms with Gasteiger partial charge in [-0.25, -0.2) is 0 Å². The molecular formula is C10H13NOS. The van der Waals surface area contributed by atoms with Crippen molar-refractivity contribution in [1.29, 1.82) is 0 Å². The molecule has 13 heavy (non-hydrogen) atoms. The van der Waals surface area contributed by atoms with E-state index in [0.717, 1.165) is 18.1 Å². The number of thiol groups is 1. The minimum Gasteiger partial charge on any atom is -0.491 e. The first-order chi connectivity index (χ1) is 6.35. The SMILES string of the molecule is SCC1(COc2cccnc2)CC1. The lowest BCUT2D eigenvalue weighted by molar-refractivity contribution is 0.250. The van der Waals surface area contributed by atoms with E-state index in [4.69, 9.17) is 4.74 Å². The summed E-state index contributed by atoms with van der Waals surface area (Å²) in [6.07, 6.45) is 5.99. The highest BCUT2D eigenvalue weighted by atomic mass is 32.1. The zero-order valence-corrected chi connectivity index (χ0v) is 8.33. The van der Waals surface area contributed by atoms with Crippen molar-refractivity contribution in [1.82, 2.24) is 4.98 Å². The monoisotopic (exact) mass is 195 g/mol. The maximum absolute atomic E-state index is 5.61. The van der Waals surface area contributed by atoms with Gasteiger partial charge in [-0.1, -0.05) is 0 Å². The standard InChI is InChI=1S/C10H13NOS/c13-8-10(3-4-10)7-12-9-2-1-5-11-6-9/h1-2,5-6,13H,3-4,7-8H2. The van der Waals surface area contributed by atoms with Gasteiger partial charge >= 0.3 is 0 Å². The Balaban J connectivity index is 1.86. The third-order valence-corrected chi connectivity index (χ3v) is 3.14. The number of nitrogens with zero attached hydrogens (tertiary/aromatic N) is 1. The van der Waals surface area contributed by atoms with Gasteiger partial charge in [0.1, 0.15) is 5.75 Å². The Morgan fingerprint density at radius 3 is 2.92 bits per heavy atom. The zero-order valence-electron chi connectivity index (χ0n) is 7.44. The summed E-state index contributed by atoms with van der Waals surface area (Å²) >= 11 is 4.31. The van der Waals surface area contributed by atoms with Crippen LogP contribution in [0, 0.1) is 5.41 Å². The summed E-state index contributed by atoms with van der Waals surface area (Å²) < 4.78 is 5.61. The van der Waals surface area contributed by atoms with E-state index in [1.807, 2.05) is 12.1 Å². The maximum atomic E-state index is 5.61. The van der Waals surface area contributed by atoms with E-state index in [1.165, 1.54) is 12.8 Å². The maximum Gasteiger partial charge on any atom is 0.137 e. The van der Waals surface area contributed by atoms with Crippen molar-refractivity contribution in [2.45, 2.75) is 12.8 Å². The number of pyridine rings is 1. The van der Waals surface area contributed by atoms with Crippen LogP contribution in [0.25, 0.3) is 0 Å². The molecule has 70 valence electrons. The van der Waals surface area contributed by atoms with Crippen molar-refractivity contribution in [3.05, 3.63) is 24.5 Å². The average Bonchev–Trinajstić information content (AvgIpc) is 2.97. The summed E-state index contributed by atoms with van der Waals surface area (Å²) in [5, 5.41) is 0. The van der Waals surface area contributed by atoms with Gasteiger partial charge in [-0.05, 0) is 30.7 Å². The third-order valence-electron chi connectivity index (χ3n) is 2.47. The second-order valence-electron chi connectivity index (χ2n) is 3.64. The first kappa shape index (κ1) is 8.88. The number of ether oxygens (including phenoxy) is 1. The van der Waals surface area contributed by atoms with Crippen molar-refractivity contribution >= 4 is 12.6 Å².